The molecule has 13 heavy (non-hydrogen) atoms. The van der Waals surface area contributed by atoms with Gasteiger partial charge in [-0.05, 0) is 23.3 Å². The van der Waals surface area contributed by atoms with Gasteiger partial charge in [-0.2, -0.15) is 0 Å². The predicted molar refractivity (Wildman–Crippen MR) is 52.4 cm³/mol. The van der Waals surface area contributed by atoms with E-state index in [9.17, 15) is 0 Å². The summed E-state index contributed by atoms with van der Waals surface area (Å²) in [6.07, 6.45) is 2.66. The summed E-state index contributed by atoms with van der Waals surface area (Å²) in [7, 11) is 0. The fraction of sp³-hybridized carbons (Fsp3) is 0.100. The third-order valence-electron chi connectivity index (χ3n) is 2.36. The minimum atomic E-state index is 0.873. The molecule has 64 valence electrons. The van der Waals surface area contributed by atoms with Crippen LogP contribution in [0.2, 0.25) is 0 Å². The van der Waals surface area contributed by atoms with Crippen molar-refractivity contribution < 1.29 is 4.52 Å². The zero-order valence-corrected chi connectivity index (χ0v) is 8.34. The molecule has 1 aromatic heterocycles. The molecule has 1 aromatic carbocycles. The van der Waals surface area contributed by atoms with Gasteiger partial charge in [0.1, 0.15) is 5.76 Å². The topological polar surface area (TPSA) is 26.0 Å². The Morgan fingerprint density at radius 1 is 1.31 bits per heavy atom. The molecule has 1 heterocycles. The maximum atomic E-state index is 5.13. The first-order chi connectivity index (χ1) is 6.34. The lowest BCUT2D eigenvalue weighted by molar-refractivity contribution is 0.391. The van der Waals surface area contributed by atoms with Gasteiger partial charge in [0.25, 0.3) is 0 Å². The van der Waals surface area contributed by atoms with Crippen LogP contribution in [0.5, 0.6) is 0 Å². The van der Waals surface area contributed by atoms with E-state index in [-0.39, 0.29) is 0 Å². The van der Waals surface area contributed by atoms with Crippen molar-refractivity contribution >= 4 is 15.9 Å². The van der Waals surface area contributed by atoms with E-state index in [1.54, 1.807) is 6.20 Å². The minimum absolute atomic E-state index is 0.873. The summed E-state index contributed by atoms with van der Waals surface area (Å²) in [6.45, 7) is 0. The molecule has 0 atom stereocenters. The Morgan fingerprint density at radius 3 is 3.15 bits per heavy atom. The summed E-state index contributed by atoms with van der Waals surface area (Å²) in [6, 6.07) is 6.28. The molecule has 0 saturated heterocycles. The molecule has 2 aromatic rings. The summed E-state index contributed by atoms with van der Waals surface area (Å²) in [5, 5.41) is 3.78. The third kappa shape index (κ3) is 0.968. The van der Waals surface area contributed by atoms with Crippen LogP contribution in [-0.4, -0.2) is 5.16 Å². The number of hydrogen-bond acceptors (Lipinski definition) is 2. The van der Waals surface area contributed by atoms with Gasteiger partial charge in [-0.25, -0.2) is 0 Å². The molecule has 0 radical (unpaired) electrons. The maximum absolute atomic E-state index is 5.13. The van der Waals surface area contributed by atoms with E-state index in [0.29, 0.717) is 0 Å². The normalized spacial score (nSPS) is 12.7. The molecule has 1 aliphatic carbocycles. The molecule has 0 bridgehead atoms. The molecule has 0 unspecified atom stereocenters. The van der Waals surface area contributed by atoms with Crippen LogP contribution in [-0.2, 0) is 6.42 Å². The van der Waals surface area contributed by atoms with Crippen molar-refractivity contribution in [2.45, 2.75) is 6.42 Å². The number of aromatic nitrogens is 1. The molecule has 0 aliphatic heterocycles. The van der Waals surface area contributed by atoms with Gasteiger partial charge in [-0.15, -0.1) is 0 Å². The molecule has 0 spiro atoms. The molecule has 0 N–H and O–H groups in total. The molecule has 3 heteroatoms. The number of nitrogens with zero attached hydrogens (tertiary/aromatic N) is 1. The van der Waals surface area contributed by atoms with E-state index in [0.717, 1.165) is 22.2 Å². The molecular weight excluding hydrogens is 230 g/mol. The lowest BCUT2D eigenvalue weighted by Crippen LogP contribution is -1.79. The number of benzene rings is 1. The van der Waals surface area contributed by atoms with Crippen molar-refractivity contribution in [1.82, 2.24) is 5.16 Å². The highest BCUT2D eigenvalue weighted by molar-refractivity contribution is 9.10. The molecule has 0 fully saturated rings. The zero-order valence-electron chi connectivity index (χ0n) is 6.75. The maximum Gasteiger partial charge on any atom is 0.148 e. The Kier molecular flexibility index (Phi) is 1.38. The quantitative estimate of drug-likeness (QED) is 0.599. The highest BCUT2D eigenvalue weighted by atomic mass is 79.9. The lowest BCUT2D eigenvalue weighted by atomic mass is 10.1. The molecule has 2 nitrogen and oxygen atoms in total. The van der Waals surface area contributed by atoms with Gasteiger partial charge in [0.15, 0.2) is 0 Å². The standard InChI is InChI=1S/C10H6BrNO/c11-7-2-1-6-3-10-9(5-12-13-10)8(6)4-7/h1-2,4-5H,3H2. The van der Waals surface area contributed by atoms with Crippen LogP contribution in [0, 0.1) is 0 Å². The van der Waals surface area contributed by atoms with Crippen LogP contribution >= 0.6 is 15.9 Å². The highest BCUT2D eigenvalue weighted by Gasteiger charge is 2.21. The first kappa shape index (κ1) is 7.33. The average Bonchev–Trinajstić information content (AvgIpc) is 2.64. The number of rotatable bonds is 0. The second-order valence-electron chi connectivity index (χ2n) is 3.14. The first-order valence-electron chi connectivity index (χ1n) is 4.07. The first-order valence-corrected chi connectivity index (χ1v) is 4.86. The van der Waals surface area contributed by atoms with E-state index in [1.165, 1.54) is 11.1 Å². The van der Waals surface area contributed by atoms with E-state index in [1.807, 2.05) is 0 Å². The fourth-order valence-corrected chi connectivity index (χ4v) is 2.10. The largest absolute Gasteiger partial charge is 0.360 e. The van der Waals surface area contributed by atoms with Gasteiger partial charge in [0.05, 0.1) is 6.20 Å². The summed E-state index contributed by atoms with van der Waals surface area (Å²) in [4.78, 5) is 0. The van der Waals surface area contributed by atoms with Crippen molar-refractivity contribution in [2.24, 2.45) is 0 Å². The van der Waals surface area contributed by atoms with Crippen LogP contribution in [0.1, 0.15) is 11.3 Å². The van der Waals surface area contributed by atoms with Crippen LogP contribution in [0.4, 0.5) is 0 Å². The monoisotopic (exact) mass is 235 g/mol. The van der Waals surface area contributed by atoms with Gasteiger partial charge in [0, 0.05) is 16.5 Å². The number of halogens is 1. The van der Waals surface area contributed by atoms with Crippen molar-refractivity contribution in [1.29, 1.82) is 0 Å². The molecule has 0 saturated carbocycles. The smallest absolute Gasteiger partial charge is 0.148 e. The zero-order chi connectivity index (χ0) is 8.84. The molecular formula is C10H6BrNO. The fourth-order valence-electron chi connectivity index (χ4n) is 1.74. The van der Waals surface area contributed by atoms with Crippen molar-refractivity contribution in [3.63, 3.8) is 0 Å². The Labute approximate surface area is 83.7 Å². The summed E-state index contributed by atoms with van der Waals surface area (Å²) < 4.78 is 6.23. The molecule has 0 amide bonds. The SMILES string of the molecule is Brc1ccc2c(c1)-c1cnoc1C2. The highest BCUT2D eigenvalue weighted by Crippen LogP contribution is 2.37. The van der Waals surface area contributed by atoms with Crippen LogP contribution < -0.4 is 0 Å². The summed E-state index contributed by atoms with van der Waals surface area (Å²) >= 11 is 3.45. The van der Waals surface area contributed by atoms with Crippen LogP contribution in [0.3, 0.4) is 0 Å². The van der Waals surface area contributed by atoms with E-state index >= 15 is 0 Å². The second kappa shape index (κ2) is 2.45. The number of fused-ring (bicyclic) bond motifs is 3. The van der Waals surface area contributed by atoms with Crippen LogP contribution in [0.25, 0.3) is 11.1 Å². The van der Waals surface area contributed by atoms with Crippen molar-refractivity contribution in [2.75, 3.05) is 0 Å². The predicted octanol–water partition coefficient (Wildman–Crippen LogP) is 3.01. The second-order valence-corrected chi connectivity index (χ2v) is 4.06. The van der Waals surface area contributed by atoms with Crippen LogP contribution in [0.15, 0.2) is 33.4 Å². The minimum Gasteiger partial charge on any atom is -0.360 e. The molecule has 3 rings (SSSR count). The van der Waals surface area contributed by atoms with E-state index in [2.05, 4.69) is 39.3 Å². The number of hydrogen-bond donors (Lipinski definition) is 0. The van der Waals surface area contributed by atoms with Gasteiger partial charge in [-0.3, -0.25) is 0 Å². The Hall–Kier alpha value is -1.09. The van der Waals surface area contributed by atoms with E-state index in [4.69, 9.17) is 4.52 Å². The lowest BCUT2D eigenvalue weighted by Gasteiger charge is -1.98. The van der Waals surface area contributed by atoms with E-state index < -0.39 is 0 Å². The van der Waals surface area contributed by atoms with Gasteiger partial charge < -0.3 is 4.52 Å². The average molecular weight is 236 g/mol. The van der Waals surface area contributed by atoms with Gasteiger partial charge in [-0.1, -0.05) is 27.2 Å². The Morgan fingerprint density at radius 2 is 2.23 bits per heavy atom. The summed E-state index contributed by atoms with van der Waals surface area (Å²) in [5.41, 5.74) is 3.70. The Bertz CT molecular complexity index is 476. The van der Waals surface area contributed by atoms with Gasteiger partial charge >= 0.3 is 0 Å². The molecule has 1 aliphatic rings. The third-order valence-corrected chi connectivity index (χ3v) is 2.85. The van der Waals surface area contributed by atoms with Gasteiger partial charge in [0.2, 0.25) is 0 Å². The summed E-state index contributed by atoms with van der Waals surface area (Å²) in [5.74, 6) is 0.980. The van der Waals surface area contributed by atoms with Crippen molar-refractivity contribution in [3.8, 4) is 11.1 Å². The van der Waals surface area contributed by atoms with Crippen molar-refractivity contribution in [3.05, 3.63) is 40.2 Å². The Balaban J connectivity index is 2.31.